The highest BCUT2D eigenvalue weighted by Gasteiger charge is 2.33. The molecule has 1 aliphatic rings. The largest absolute Gasteiger partial charge is 0.497 e. The van der Waals surface area contributed by atoms with E-state index in [1.807, 2.05) is 6.07 Å². The molecular weight excluding hydrogens is 412 g/mol. The number of thiocarbonyl (C=S) groups is 1. The van der Waals surface area contributed by atoms with Crippen LogP contribution in [0.4, 0.5) is 5.69 Å². The summed E-state index contributed by atoms with van der Waals surface area (Å²) < 4.78 is 5.43. The third-order valence-electron chi connectivity index (χ3n) is 4.00. The Balaban J connectivity index is 1.72. The molecule has 3 rings (SSSR count). The zero-order valence-corrected chi connectivity index (χ0v) is 16.9. The van der Waals surface area contributed by atoms with Crippen molar-refractivity contribution in [1.29, 1.82) is 0 Å². The Morgan fingerprint density at radius 3 is 2.72 bits per heavy atom. The predicted molar refractivity (Wildman–Crippen MR) is 115 cm³/mol. The molecule has 2 amide bonds. The Morgan fingerprint density at radius 1 is 1.24 bits per heavy atom. The van der Waals surface area contributed by atoms with Crippen LogP contribution in [0.25, 0.3) is 6.08 Å². The molecule has 1 saturated heterocycles. The fraction of sp³-hybridized carbons (Fsp3) is 0.100. The van der Waals surface area contributed by atoms with Gasteiger partial charge >= 0.3 is 5.97 Å². The van der Waals surface area contributed by atoms with Crippen LogP contribution in [-0.2, 0) is 9.59 Å². The molecule has 1 fully saturated rings. The Kier molecular flexibility index (Phi) is 6.30. The van der Waals surface area contributed by atoms with Gasteiger partial charge in [0.25, 0.3) is 5.91 Å². The second-order valence-corrected chi connectivity index (χ2v) is 7.62. The van der Waals surface area contributed by atoms with Gasteiger partial charge in [-0.3, -0.25) is 14.5 Å². The van der Waals surface area contributed by atoms with E-state index in [1.54, 1.807) is 43.5 Å². The van der Waals surface area contributed by atoms with Gasteiger partial charge in [-0.2, -0.15) is 0 Å². The summed E-state index contributed by atoms with van der Waals surface area (Å²) in [6, 6.07) is 13.2. The SMILES string of the molecule is COc1cccc(/C=C2/SC(=S)N(CC(=O)Nc3ccccc3C(=O)O)C2=O)c1. The van der Waals surface area contributed by atoms with E-state index in [2.05, 4.69) is 5.32 Å². The summed E-state index contributed by atoms with van der Waals surface area (Å²) in [7, 11) is 1.56. The van der Waals surface area contributed by atoms with E-state index in [1.165, 1.54) is 17.0 Å². The van der Waals surface area contributed by atoms with Crippen molar-refractivity contribution < 1.29 is 24.2 Å². The van der Waals surface area contributed by atoms with Crippen molar-refractivity contribution in [3.63, 3.8) is 0 Å². The average Bonchev–Trinajstić information content (AvgIpc) is 2.95. The molecule has 0 unspecified atom stereocenters. The summed E-state index contributed by atoms with van der Waals surface area (Å²) in [5.74, 6) is -1.43. The highest BCUT2D eigenvalue weighted by Crippen LogP contribution is 2.33. The number of aromatic carboxylic acids is 1. The number of hydrogen-bond donors (Lipinski definition) is 2. The quantitative estimate of drug-likeness (QED) is 0.539. The van der Waals surface area contributed by atoms with Gasteiger partial charge in [-0.05, 0) is 35.9 Å². The minimum absolute atomic E-state index is 0.0378. The van der Waals surface area contributed by atoms with Gasteiger partial charge in [0.1, 0.15) is 16.6 Å². The molecule has 29 heavy (non-hydrogen) atoms. The van der Waals surface area contributed by atoms with Gasteiger partial charge in [-0.15, -0.1) is 0 Å². The molecule has 148 valence electrons. The van der Waals surface area contributed by atoms with Gasteiger partial charge in [-0.25, -0.2) is 4.79 Å². The van der Waals surface area contributed by atoms with Crippen LogP contribution in [0, 0.1) is 0 Å². The number of rotatable bonds is 6. The fourth-order valence-electron chi connectivity index (χ4n) is 2.63. The Hall–Kier alpha value is -3.17. The van der Waals surface area contributed by atoms with E-state index in [0.29, 0.717) is 10.7 Å². The Labute approximate surface area is 176 Å². The number of thioether (sulfide) groups is 1. The summed E-state index contributed by atoms with van der Waals surface area (Å²) in [4.78, 5) is 37.9. The number of ether oxygens (including phenoxy) is 1. The average molecular weight is 428 g/mol. The van der Waals surface area contributed by atoms with Crippen molar-refractivity contribution in [2.45, 2.75) is 0 Å². The molecule has 2 aromatic rings. The highest BCUT2D eigenvalue weighted by atomic mass is 32.2. The van der Waals surface area contributed by atoms with E-state index in [4.69, 9.17) is 17.0 Å². The van der Waals surface area contributed by atoms with Crippen LogP contribution in [0.3, 0.4) is 0 Å². The fourth-order valence-corrected chi connectivity index (χ4v) is 3.89. The molecule has 1 heterocycles. The predicted octanol–water partition coefficient (Wildman–Crippen LogP) is 3.23. The van der Waals surface area contributed by atoms with Crippen LogP contribution in [0.5, 0.6) is 5.75 Å². The number of carboxylic acid groups (broad SMARTS) is 1. The lowest BCUT2D eigenvalue weighted by atomic mass is 10.2. The Morgan fingerprint density at radius 2 is 2.00 bits per heavy atom. The van der Waals surface area contributed by atoms with Crippen molar-refractivity contribution in [3.05, 3.63) is 64.6 Å². The number of methoxy groups -OCH3 is 1. The summed E-state index contributed by atoms with van der Waals surface area (Å²) >= 11 is 6.34. The van der Waals surface area contributed by atoms with Crippen LogP contribution in [-0.4, -0.2) is 45.8 Å². The van der Waals surface area contributed by atoms with Gasteiger partial charge in [-0.1, -0.05) is 48.2 Å². The van der Waals surface area contributed by atoms with Gasteiger partial charge in [0, 0.05) is 0 Å². The maximum Gasteiger partial charge on any atom is 0.337 e. The molecule has 2 aromatic carbocycles. The third kappa shape index (κ3) is 4.82. The van der Waals surface area contributed by atoms with Gasteiger partial charge in [0.15, 0.2) is 0 Å². The molecule has 0 saturated carbocycles. The molecular formula is C20H16N2O5S2. The number of carbonyl (C=O) groups is 3. The lowest BCUT2D eigenvalue weighted by Gasteiger charge is -2.15. The first kappa shape index (κ1) is 20.6. The standard InChI is InChI=1S/C20H16N2O5S2/c1-27-13-6-4-5-12(9-13)10-16-18(24)22(20(28)29-16)11-17(23)21-15-8-3-2-7-14(15)19(25)26/h2-10H,11H2,1H3,(H,21,23)(H,25,26)/b16-10+. The zero-order chi connectivity index (χ0) is 21.0. The second-order valence-electron chi connectivity index (χ2n) is 5.94. The molecule has 9 heteroatoms. The molecule has 1 aliphatic heterocycles. The lowest BCUT2D eigenvalue weighted by Crippen LogP contribution is -2.36. The van der Waals surface area contributed by atoms with E-state index >= 15 is 0 Å². The van der Waals surface area contributed by atoms with Crippen molar-refractivity contribution in [3.8, 4) is 5.75 Å². The summed E-state index contributed by atoms with van der Waals surface area (Å²) in [5, 5.41) is 11.7. The summed E-state index contributed by atoms with van der Waals surface area (Å²) in [6.07, 6.45) is 1.68. The third-order valence-corrected chi connectivity index (χ3v) is 5.38. The minimum atomic E-state index is -1.16. The molecule has 0 radical (unpaired) electrons. The van der Waals surface area contributed by atoms with Crippen LogP contribution >= 0.6 is 24.0 Å². The second kappa shape index (κ2) is 8.89. The van der Waals surface area contributed by atoms with Crippen molar-refractivity contribution in [2.24, 2.45) is 0 Å². The monoisotopic (exact) mass is 428 g/mol. The van der Waals surface area contributed by atoms with E-state index in [-0.39, 0.29) is 28.0 Å². The number of nitrogens with one attached hydrogen (secondary N) is 1. The van der Waals surface area contributed by atoms with Crippen LogP contribution < -0.4 is 10.1 Å². The van der Waals surface area contributed by atoms with Gasteiger partial charge in [0.05, 0.1) is 23.3 Å². The van der Waals surface area contributed by atoms with Crippen molar-refractivity contribution in [2.75, 3.05) is 19.0 Å². The van der Waals surface area contributed by atoms with Gasteiger partial charge < -0.3 is 15.2 Å². The number of anilines is 1. The number of carboxylic acids is 1. The smallest absolute Gasteiger partial charge is 0.337 e. The molecule has 0 spiro atoms. The topological polar surface area (TPSA) is 95.9 Å². The van der Waals surface area contributed by atoms with E-state index in [0.717, 1.165) is 17.3 Å². The summed E-state index contributed by atoms with van der Waals surface area (Å²) in [5.41, 5.74) is 0.885. The van der Waals surface area contributed by atoms with Crippen LogP contribution in [0.15, 0.2) is 53.4 Å². The maximum atomic E-state index is 12.7. The molecule has 0 aromatic heterocycles. The molecule has 0 bridgehead atoms. The molecule has 7 nitrogen and oxygen atoms in total. The van der Waals surface area contributed by atoms with E-state index < -0.39 is 11.9 Å². The minimum Gasteiger partial charge on any atom is -0.497 e. The number of amides is 2. The zero-order valence-electron chi connectivity index (χ0n) is 15.2. The maximum absolute atomic E-state index is 12.7. The Bertz CT molecular complexity index is 1040. The molecule has 2 N–H and O–H groups in total. The highest BCUT2D eigenvalue weighted by molar-refractivity contribution is 8.26. The first-order valence-corrected chi connectivity index (χ1v) is 9.63. The van der Waals surface area contributed by atoms with Crippen LogP contribution in [0.1, 0.15) is 15.9 Å². The molecule has 0 atom stereocenters. The first-order chi connectivity index (χ1) is 13.9. The molecule has 0 aliphatic carbocycles. The normalized spacial score (nSPS) is 14.9. The number of carbonyl (C=O) groups excluding carboxylic acids is 2. The lowest BCUT2D eigenvalue weighted by molar-refractivity contribution is -0.126. The number of benzene rings is 2. The van der Waals surface area contributed by atoms with Gasteiger partial charge in [0.2, 0.25) is 5.91 Å². The summed E-state index contributed by atoms with van der Waals surface area (Å²) in [6.45, 7) is -0.311. The van der Waals surface area contributed by atoms with Crippen LogP contribution in [0.2, 0.25) is 0 Å². The van der Waals surface area contributed by atoms with Crippen molar-refractivity contribution in [1.82, 2.24) is 4.90 Å². The number of para-hydroxylation sites is 1. The van der Waals surface area contributed by atoms with Crippen molar-refractivity contribution >= 4 is 57.8 Å². The number of hydrogen-bond acceptors (Lipinski definition) is 6. The van der Waals surface area contributed by atoms with E-state index in [9.17, 15) is 19.5 Å². The number of nitrogens with zero attached hydrogens (tertiary/aromatic N) is 1. The first-order valence-electron chi connectivity index (χ1n) is 8.40.